The average Bonchev–Trinajstić information content (AvgIpc) is 2.85. The van der Waals surface area contributed by atoms with E-state index in [9.17, 15) is 4.79 Å². The molecule has 2 unspecified atom stereocenters. The van der Waals surface area contributed by atoms with Gasteiger partial charge in [0.1, 0.15) is 0 Å². The zero-order chi connectivity index (χ0) is 12.8. The molecule has 1 aromatic carbocycles. The summed E-state index contributed by atoms with van der Waals surface area (Å²) < 4.78 is 0. The first kappa shape index (κ1) is 11.7. The van der Waals surface area contributed by atoms with Crippen molar-refractivity contribution in [2.24, 2.45) is 5.92 Å². The highest BCUT2D eigenvalue weighted by Gasteiger charge is 2.49. The van der Waals surface area contributed by atoms with Gasteiger partial charge in [0.15, 0.2) is 0 Å². The molecule has 3 nitrogen and oxygen atoms in total. The molecule has 1 amide bonds. The second-order valence-electron chi connectivity index (χ2n) is 5.80. The average molecular weight is 244 g/mol. The van der Waals surface area contributed by atoms with Crippen LogP contribution in [0.3, 0.4) is 0 Å². The van der Waals surface area contributed by atoms with Gasteiger partial charge in [-0.05, 0) is 38.3 Å². The van der Waals surface area contributed by atoms with E-state index in [1.165, 1.54) is 5.56 Å². The molecule has 0 aromatic heterocycles. The number of hydrogen-bond acceptors (Lipinski definition) is 2. The van der Waals surface area contributed by atoms with Gasteiger partial charge in [0.25, 0.3) is 5.91 Å². The standard InChI is InChI=1S/C15H20N2O/c1-11-3-5-12(6-4-11)14(18)17-8-7-13-9-16-10-15(13,17)2/h3-6,13,16H,7-10H2,1-2H3. The minimum Gasteiger partial charge on any atom is -0.332 e. The highest BCUT2D eigenvalue weighted by atomic mass is 16.2. The fourth-order valence-corrected chi connectivity index (χ4v) is 3.32. The van der Waals surface area contributed by atoms with Crippen LogP contribution in [0.15, 0.2) is 24.3 Å². The molecule has 2 aliphatic heterocycles. The molecule has 2 atom stereocenters. The Kier molecular flexibility index (Phi) is 2.67. The number of carbonyl (C=O) groups excluding carboxylic acids is 1. The smallest absolute Gasteiger partial charge is 0.254 e. The number of hydrogen-bond donors (Lipinski definition) is 1. The molecule has 0 saturated carbocycles. The summed E-state index contributed by atoms with van der Waals surface area (Å²) in [6, 6.07) is 7.90. The van der Waals surface area contributed by atoms with Crippen molar-refractivity contribution in [3.63, 3.8) is 0 Å². The van der Waals surface area contributed by atoms with Crippen molar-refractivity contribution in [1.29, 1.82) is 0 Å². The third-order valence-corrected chi connectivity index (χ3v) is 4.61. The van der Waals surface area contributed by atoms with Crippen molar-refractivity contribution in [2.45, 2.75) is 25.8 Å². The van der Waals surface area contributed by atoms with Gasteiger partial charge in [-0.15, -0.1) is 0 Å². The SMILES string of the molecule is Cc1ccc(C(=O)N2CCC3CNCC32C)cc1. The molecular formula is C15H20N2O. The number of amides is 1. The molecule has 2 fully saturated rings. The van der Waals surface area contributed by atoms with Crippen LogP contribution in [0.2, 0.25) is 0 Å². The van der Waals surface area contributed by atoms with Crippen LogP contribution in [-0.4, -0.2) is 36.0 Å². The molecule has 2 saturated heterocycles. The molecule has 1 aromatic rings. The molecular weight excluding hydrogens is 224 g/mol. The van der Waals surface area contributed by atoms with Gasteiger partial charge in [0.2, 0.25) is 0 Å². The van der Waals surface area contributed by atoms with Gasteiger partial charge in [-0.3, -0.25) is 4.79 Å². The summed E-state index contributed by atoms with van der Waals surface area (Å²) in [7, 11) is 0. The van der Waals surface area contributed by atoms with E-state index in [0.717, 1.165) is 31.6 Å². The number of likely N-dealkylation sites (tertiary alicyclic amines) is 1. The fraction of sp³-hybridized carbons (Fsp3) is 0.533. The van der Waals surface area contributed by atoms with Crippen molar-refractivity contribution in [2.75, 3.05) is 19.6 Å². The molecule has 0 bridgehead atoms. The Morgan fingerprint density at radius 3 is 2.83 bits per heavy atom. The molecule has 96 valence electrons. The Bertz CT molecular complexity index is 468. The number of rotatable bonds is 1. The summed E-state index contributed by atoms with van der Waals surface area (Å²) in [5.41, 5.74) is 2.02. The largest absolute Gasteiger partial charge is 0.332 e. The lowest BCUT2D eigenvalue weighted by Gasteiger charge is -2.34. The summed E-state index contributed by atoms with van der Waals surface area (Å²) in [5, 5.41) is 3.42. The van der Waals surface area contributed by atoms with Crippen molar-refractivity contribution in [3.8, 4) is 0 Å². The highest BCUT2D eigenvalue weighted by molar-refractivity contribution is 5.95. The van der Waals surface area contributed by atoms with Gasteiger partial charge in [-0.1, -0.05) is 17.7 Å². The Balaban J connectivity index is 1.87. The summed E-state index contributed by atoms with van der Waals surface area (Å²) in [6.07, 6.45) is 1.13. The first-order valence-electron chi connectivity index (χ1n) is 6.70. The van der Waals surface area contributed by atoms with Gasteiger partial charge < -0.3 is 10.2 Å². The summed E-state index contributed by atoms with van der Waals surface area (Å²) >= 11 is 0. The first-order valence-corrected chi connectivity index (χ1v) is 6.70. The monoisotopic (exact) mass is 244 g/mol. The fourth-order valence-electron chi connectivity index (χ4n) is 3.32. The number of benzene rings is 1. The van der Waals surface area contributed by atoms with E-state index in [0.29, 0.717) is 5.92 Å². The highest BCUT2D eigenvalue weighted by Crippen LogP contribution is 2.38. The third-order valence-electron chi connectivity index (χ3n) is 4.61. The molecule has 2 heterocycles. The molecule has 0 aliphatic carbocycles. The van der Waals surface area contributed by atoms with Crippen LogP contribution in [-0.2, 0) is 0 Å². The lowest BCUT2D eigenvalue weighted by Crippen LogP contribution is -2.49. The molecule has 0 spiro atoms. The maximum Gasteiger partial charge on any atom is 0.254 e. The maximum atomic E-state index is 12.6. The predicted molar refractivity (Wildman–Crippen MR) is 71.6 cm³/mol. The maximum absolute atomic E-state index is 12.6. The number of aryl methyl sites for hydroxylation is 1. The molecule has 1 N–H and O–H groups in total. The van der Waals surface area contributed by atoms with E-state index < -0.39 is 0 Å². The zero-order valence-electron chi connectivity index (χ0n) is 11.1. The normalized spacial score (nSPS) is 30.6. The third kappa shape index (κ3) is 1.65. The first-order chi connectivity index (χ1) is 8.61. The van der Waals surface area contributed by atoms with Crippen molar-refractivity contribution < 1.29 is 4.79 Å². The minimum atomic E-state index is 0.0158. The number of fused-ring (bicyclic) bond motifs is 1. The van der Waals surface area contributed by atoms with Crippen LogP contribution in [0.5, 0.6) is 0 Å². The van der Waals surface area contributed by atoms with Gasteiger partial charge >= 0.3 is 0 Å². The summed E-state index contributed by atoms with van der Waals surface area (Å²) in [6.45, 7) is 7.14. The number of carbonyl (C=O) groups is 1. The quantitative estimate of drug-likeness (QED) is 0.817. The molecule has 18 heavy (non-hydrogen) atoms. The van der Waals surface area contributed by atoms with Gasteiger partial charge in [-0.25, -0.2) is 0 Å². The van der Waals surface area contributed by atoms with E-state index in [4.69, 9.17) is 0 Å². The lowest BCUT2D eigenvalue weighted by molar-refractivity contribution is 0.0621. The molecule has 2 aliphatic rings. The zero-order valence-corrected chi connectivity index (χ0v) is 11.1. The van der Waals surface area contributed by atoms with E-state index in [-0.39, 0.29) is 11.4 Å². The second-order valence-corrected chi connectivity index (χ2v) is 5.80. The molecule has 3 rings (SSSR count). The Labute approximate surface area is 108 Å². The van der Waals surface area contributed by atoms with E-state index >= 15 is 0 Å². The van der Waals surface area contributed by atoms with Crippen LogP contribution in [0.4, 0.5) is 0 Å². The molecule has 3 heteroatoms. The van der Waals surface area contributed by atoms with E-state index in [1.807, 2.05) is 31.2 Å². The minimum absolute atomic E-state index is 0.0158. The number of nitrogens with zero attached hydrogens (tertiary/aromatic N) is 1. The second kappa shape index (κ2) is 4.09. The summed E-state index contributed by atoms with van der Waals surface area (Å²) in [5.74, 6) is 0.801. The predicted octanol–water partition coefficient (Wildman–Crippen LogP) is 1.82. The van der Waals surface area contributed by atoms with Crippen molar-refractivity contribution in [1.82, 2.24) is 10.2 Å². The summed E-state index contributed by atoms with van der Waals surface area (Å²) in [4.78, 5) is 14.7. The van der Waals surface area contributed by atoms with Crippen molar-refractivity contribution in [3.05, 3.63) is 35.4 Å². The van der Waals surface area contributed by atoms with Gasteiger partial charge in [0.05, 0.1) is 5.54 Å². The Hall–Kier alpha value is -1.35. The van der Waals surface area contributed by atoms with Crippen LogP contribution in [0.25, 0.3) is 0 Å². The Morgan fingerprint density at radius 2 is 2.11 bits per heavy atom. The van der Waals surface area contributed by atoms with Crippen LogP contribution in [0.1, 0.15) is 29.3 Å². The van der Waals surface area contributed by atoms with E-state index in [1.54, 1.807) is 0 Å². The van der Waals surface area contributed by atoms with Gasteiger partial charge in [0, 0.05) is 25.2 Å². The number of nitrogens with one attached hydrogen (secondary N) is 1. The van der Waals surface area contributed by atoms with Crippen LogP contribution in [0, 0.1) is 12.8 Å². The van der Waals surface area contributed by atoms with Crippen LogP contribution < -0.4 is 5.32 Å². The lowest BCUT2D eigenvalue weighted by atomic mass is 9.90. The Morgan fingerprint density at radius 1 is 1.39 bits per heavy atom. The van der Waals surface area contributed by atoms with Crippen molar-refractivity contribution >= 4 is 5.91 Å². The van der Waals surface area contributed by atoms with Crippen LogP contribution >= 0.6 is 0 Å². The van der Waals surface area contributed by atoms with Gasteiger partial charge in [-0.2, -0.15) is 0 Å². The van der Waals surface area contributed by atoms with E-state index in [2.05, 4.69) is 17.1 Å². The topological polar surface area (TPSA) is 32.3 Å². The molecule has 0 radical (unpaired) electrons.